The summed E-state index contributed by atoms with van der Waals surface area (Å²) in [6, 6.07) is 5.64. The van der Waals surface area contributed by atoms with Gasteiger partial charge < -0.3 is 14.4 Å². The van der Waals surface area contributed by atoms with Gasteiger partial charge in [0.25, 0.3) is 0 Å². The Hall–Kier alpha value is -2.28. The predicted octanol–water partition coefficient (Wildman–Crippen LogP) is 2.47. The van der Waals surface area contributed by atoms with Crippen molar-refractivity contribution in [3.8, 4) is 5.88 Å². The first-order chi connectivity index (χ1) is 12.3. The highest BCUT2D eigenvalue weighted by Crippen LogP contribution is 2.41. The second kappa shape index (κ2) is 6.92. The van der Waals surface area contributed by atoms with E-state index in [0.29, 0.717) is 18.4 Å². The molecular weight excluding hydrogens is 323 g/mol. The summed E-state index contributed by atoms with van der Waals surface area (Å²) in [5.74, 6) is 0.756. The Labute approximate surface area is 146 Å². The van der Waals surface area contributed by atoms with Gasteiger partial charge >= 0.3 is 0 Å². The van der Waals surface area contributed by atoms with Crippen LogP contribution in [0.4, 0.5) is 10.3 Å². The van der Waals surface area contributed by atoms with Gasteiger partial charge in [-0.2, -0.15) is 0 Å². The largest absolute Gasteiger partial charge is 0.477 e. The van der Waals surface area contributed by atoms with Crippen molar-refractivity contribution in [2.24, 2.45) is 5.41 Å². The van der Waals surface area contributed by atoms with Gasteiger partial charge in [0.1, 0.15) is 0 Å². The summed E-state index contributed by atoms with van der Waals surface area (Å²) >= 11 is 0. The van der Waals surface area contributed by atoms with Crippen molar-refractivity contribution in [2.45, 2.75) is 25.4 Å². The zero-order chi connectivity index (χ0) is 17.1. The van der Waals surface area contributed by atoms with Crippen LogP contribution in [0.2, 0.25) is 0 Å². The minimum absolute atomic E-state index is 0.133. The third kappa shape index (κ3) is 3.42. The highest BCUT2D eigenvalue weighted by molar-refractivity contribution is 5.31. The topological polar surface area (TPSA) is 60.4 Å². The van der Waals surface area contributed by atoms with E-state index in [9.17, 15) is 4.39 Å². The Bertz CT molecular complexity index is 700. The molecule has 2 aromatic rings. The van der Waals surface area contributed by atoms with Gasteiger partial charge in [-0.25, -0.2) is 19.3 Å². The summed E-state index contributed by atoms with van der Waals surface area (Å²) in [7, 11) is 0. The van der Waals surface area contributed by atoms with Gasteiger partial charge in [-0.15, -0.1) is 0 Å². The first kappa shape index (κ1) is 16.2. The highest BCUT2D eigenvalue weighted by Gasteiger charge is 2.47. The fraction of sp³-hybridized carbons (Fsp3) is 0.500. The Morgan fingerprint density at radius 2 is 2.16 bits per heavy atom. The predicted molar refractivity (Wildman–Crippen MR) is 90.0 cm³/mol. The molecule has 0 radical (unpaired) electrons. The number of piperidine rings is 1. The highest BCUT2D eigenvalue weighted by atomic mass is 19.1. The fourth-order valence-electron chi connectivity index (χ4n) is 3.79. The minimum atomic E-state index is -0.423. The molecule has 0 aromatic carbocycles. The van der Waals surface area contributed by atoms with Gasteiger partial charge in [-0.1, -0.05) is 6.07 Å². The van der Waals surface area contributed by atoms with Gasteiger partial charge in [-0.05, 0) is 25.3 Å². The summed E-state index contributed by atoms with van der Waals surface area (Å²) in [6.45, 7) is 2.85. The van der Waals surface area contributed by atoms with Crippen LogP contribution in [0.15, 0.2) is 36.8 Å². The molecule has 4 heterocycles. The molecule has 0 spiro atoms. The number of fused-ring (bicyclic) bond motifs is 1. The van der Waals surface area contributed by atoms with Crippen molar-refractivity contribution in [2.75, 3.05) is 31.2 Å². The summed E-state index contributed by atoms with van der Waals surface area (Å²) in [6.07, 6.45) is 7.20. The molecule has 2 saturated heterocycles. The van der Waals surface area contributed by atoms with Gasteiger partial charge in [-0.3, -0.25) is 0 Å². The second-order valence-electron chi connectivity index (χ2n) is 6.69. The van der Waals surface area contributed by atoms with E-state index >= 15 is 0 Å². The molecular formula is C18H21FN4O2. The number of hydrogen-bond donors (Lipinski definition) is 0. The lowest BCUT2D eigenvalue weighted by Gasteiger charge is -2.50. The van der Waals surface area contributed by atoms with Crippen LogP contribution in [0.25, 0.3) is 0 Å². The SMILES string of the molecule is Fc1cnc(N2CC[C@H]3OCCC[C@@]3(COc3ccccn3)C2)nc1. The van der Waals surface area contributed by atoms with Crippen molar-refractivity contribution in [3.63, 3.8) is 0 Å². The Morgan fingerprint density at radius 1 is 1.28 bits per heavy atom. The van der Waals surface area contributed by atoms with Gasteiger partial charge in [0.15, 0.2) is 5.82 Å². The smallest absolute Gasteiger partial charge is 0.225 e. The van der Waals surface area contributed by atoms with E-state index in [1.54, 1.807) is 6.20 Å². The average Bonchev–Trinajstić information content (AvgIpc) is 2.67. The molecule has 4 rings (SSSR count). The van der Waals surface area contributed by atoms with Crippen molar-refractivity contribution < 1.29 is 13.9 Å². The molecule has 0 N–H and O–H groups in total. The molecule has 25 heavy (non-hydrogen) atoms. The van der Waals surface area contributed by atoms with Crippen LogP contribution in [-0.4, -0.2) is 47.4 Å². The van der Waals surface area contributed by atoms with Crippen LogP contribution >= 0.6 is 0 Å². The van der Waals surface area contributed by atoms with E-state index in [4.69, 9.17) is 9.47 Å². The number of ether oxygens (including phenoxy) is 2. The molecule has 2 fully saturated rings. The van der Waals surface area contributed by atoms with E-state index in [1.807, 2.05) is 18.2 Å². The van der Waals surface area contributed by atoms with Crippen molar-refractivity contribution in [3.05, 3.63) is 42.6 Å². The maximum atomic E-state index is 13.1. The third-order valence-corrected chi connectivity index (χ3v) is 5.02. The molecule has 2 aromatic heterocycles. The number of aromatic nitrogens is 3. The van der Waals surface area contributed by atoms with Crippen molar-refractivity contribution in [1.29, 1.82) is 0 Å². The molecule has 0 saturated carbocycles. The normalized spacial score (nSPS) is 26.1. The number of rotatable bonds is 4. The lowest BCUT2D eigenvalue weighted by Crippen LogP contribution is -2.57. The van der Waals surface area contributed by atoms with E-state index in [0.717, 1.165) is 39.0 Å². The second-order valence-corrected chi connectivity index (χ2v) is 6.69. The van der Waals surface area contributed by atoms with E-state index < -0.39 is 5.82 Å². The number of halogens is 1. The summed E-state index contributed by atoms with van der Waals surface area (Å²) in [4.78, 5) is 14.6. The van der Waals surface area contributed by atoms with E-state index in [-0.39, 0.29) is 11.5 Å². The van der Waals surface area contributed by atoms with E-state index in [1.165, 1.54) is 12.4 Å². The zero-order valence-electron chi connectivity index (χ0n) is 14.0. The third-order valence-electron chi connectivity index (χ3n) is 5.02. The first-order valence-corrected chi connectivity index (χ1v) is 8.63. The first-order valence-electron chi connectivity index (χ1n) is 8.63. The molecule has 0 unspecified atom stereocenters. The number of hydrogen-bond acceptors (Lipinski definition) is 6. The zero-order valence-corrected chi connectivity index (χ0v) is 14.0. The van der Waals surface area contributed by atoms with Crippen LogP contribution in [0, 0.1) is 11.2 Å². The van der Waals surface area contributed by atoms with Crippen LogP contribution in [0.1, 0.15) is 19.3 Å². The van der Waals surface area contributed by atoms with Crippen LogP contribution in [-0.2, 0) is 4.74 Å². The molecule has 0 amide bonds. The van der Waals surface area contributed by atoms with Crippen LogP contribution in [0.5, 0.6) is 5.88 Å². The molecule has 0 aliphatic carbocycles. The van der Waals surface area contributed by atoms with Crippen molar-refractivity contribution >= 4 is 5.95 Å². The lowest BCUT2D eigenvalue weighted by atomic mass is 9.73. The molecule has 132 valence electrons. The number of pyridine rings is 1. The molecule has 2 aliphatic rings. The average molecular weight is 344 g/mol. The standard InChI is InChI=1S/C18H21FN4O2/c19-14-10-21-17(22-11-14)23-8-5-15-18(12-23,6-3-9-24-15)13-25-16-4-1-2-7-20-16/h1-2,4,7,10-11,15H,3,5-6,8-9,12-13H2/t15-,18+/m1/s1. The molecule has 2 atom stereocenters. The summed E-state index contributed by atoms with van der Waals surface area (Å²) < 4.78 is 25.2. The monoisotopic (exact) mass is 344 g/mol. The van der Waals surface area contributed by atoms with E-state index in [2.05, 4.69) is 19.9 Å². The molecule has 6 nitrogen and oxygen atoms in total. The van der Waals surface area contributed by atoms with Gasteiger partial charge in [0, 0.05) is 37.4 Å². The Balaban J connectivity index is 1.53. The number of nitrogens with zero attached hydrogens (tertiary/aromatic N) is 4. The maximum absolute atomic E-state index is 13.1. The minimum Gasteiger partial charge on any atom is -0.477 e. The quantitative estimate of drug-likeness (QED) is 0.849. The fourth-order valence-corrected chi connectivity index (χ4v) is 3.79. The van der Waals surface area contributed by atoms with Crippen molar-refractivity contribution in [1.82, 2.24) is 15.0 Å². The number of anilines is 1. The van der Waals surface area contributed by atoms with Gasteiger partial charge in [0.2, 0.25) is 11.8 Å². The van der Waals surface area contributed by atoms with Crippen LogP contribution < -0.4 is 9.64 Å². The Morgan fingerprint density at radius 3 is 2.96 bits per heavy atom. The summed E-state index contributed by atoms with van der Waals surface area (Å²) in [5, 5.41) is 0. The Kier molecular flexibility index (Phi) is 4.48. The summed E-state index contributed by atoms with van der Waals surface area (Å²) in [5.41, 5.74) is -0.133. The lowest BCUT2D eigenvalue weighted by molar-refractivity contribution is -0.110. The van der Waals surface area contributed by atoms with Crippen LogP contribution in [0.3, 0.4) is 0 Å². The molecule has 2 aliphatic heterocycles. The maximum Gasteiger partial charge on any atom is 0.225 e. The molecule has 7 heteroatoms. The molecule has 0 bridgehead atoms. The van der Waals surface area contributed by atoms with Gasteiger partial charge in [0.05, 0.1) is 25.1 Å².